The van der Waals surface area contributed by atoms with Crippen molar-refractivity contribution in [3.8, 4) is 0 Å². The van der Waals surface area contributed by atoms with Gasteiger partial charge >= 0.3 is 0 Å². The summed E-state index contributed by atoms with van der Waals surface area (Å²) >= 11 is 0. The molecule has 0 heterocycles. The topological polar surface area (TPSA) is 17.1 Å². The van der Waals surface area contributed by atoms with E-state index in [1.54, 1.807) is 0 Å². The Morgan fingerprint density at radius 1 is 0.650 bits per heavy atom. The van der Waals surface area contributed by atoms with E-state index in [1.165, 1.54) is 0 Å². The maximum Gasteiger partial charge on any atom is 0.171 e. The number of hydrogen-bond donors (Lipinski definition) is 0. The fourth-order valence-electron chi connectivity index (χ4n) is 2.28. The molecule has 0 saturated heterocycles. The van der Waals surface area contributed by atoms with Crippen LogP contribution in [-0.2, 0) is 4.57 Å². The predicted octanol–water partition coefficient (Wildman–Crippen LogP) is 3.13. The molecular formula is C18H14OP. The largest absolute Gasteiger partial charge is 0.309 e. The van der Waals surface area contributed by atoms with E-state index < -0.39 is 7.14 Å². The average Bonchev–Trinajstić information content (AvgIpc) is 2.56. The van der Waals surface area contributed by atoms with E-state index in [-0.39, 0.29) is 0 Å². The minimum atomic E-state index is -2.83. The smallest absolute Gasteiger partial charge is 0.171 e. The highest BCUT2D eigenvalue weighted by Crippen LogP contribution is 2.41. The first-order valence-electron chi connectivity index (χ1n) is 6.50. The van der Waals surface area contributed by atoms with Gasteiger partial charge in [0.05, 0.1) is 0 Å². The third-order valence-electron chi connectivity index (χ3n) is 3.27. The molecule has 1 radical (unpaired) electrons. The summed E-state index contributed by atoms with van der Waals surface area (Å²) in [6, 6.07) is 29.9. The Kier molecular flexibility index (Phi) is 3.54. The van der Waals surface area contributed by atoms with E-state index in [0.717, 1.165) is 15.9 Å². The van der Waals surface area contributed by atoms with E-state index in [0.29, 0.717) is 0 Å². The van der Waals surface area contributed by atoms with Gasteiger partial charge in [-0.2, -0.15) is 0 Å². The molecule has 0 fully saturated rings. The van der Waals surface area contributed by atoms with Crippen molar-refractivity contribution in [3.05, 3.63) is 91.0 Å². The van der Waals surface area contributed by atoms with E-state index in [2.05, 4.69) is 6.07 Å². The van der Waals surface area contributed by atoms with Crippen molar-refractivity contribution in [2.75, 3.05) is 0 Å². The molecule has 0 saturated carbocycles. The van der Waals surface area contributed by atoms with Crippen LogP contribution in [0.5, 0.6) is 0 Å². The van der Waals surface area contributed by atoms with Crippen molar-refractivity contribution in [3.63, 3.8) is 0 Å². The standard InChI is InChI=1S/C18H14OP/c19-20(16-10-4-1-5-11-16,17-12-6-2-7-13-17)18-14-8-3-9-15-18/h1-14H. The van der Waals surface area contributed by atoms with Gasteiger partial charge in [-0.15, -0.1) is 0 Å². The Hall–Kier alpha value is -2.11. The molecule has 20 heavy (non-hydrogen) atoms. The molecule has 0 atom stereocenters. The summed E-state index contributed by atoms with van der Waals surface area (Å²) in [7, 11) is -2.83. The van der Waals surface area contributed by atoms with E-state index in [9.17, 15) is 4.57 Å². The molecule has 0 aliphatic heterocycles. The second kappa shape index (κ2) is 5.48. The zero-order valence-electron chi connectivity index (χ0n) is 10.9. The Balaban J connectivity index is 2.27. The van der Waals surface area contributed by atoms with Crippen LogP contribution in [0, 0.1) is 6.07 Å². The molecule has 3 aromatic carbocycles. The molecule has 3 aromatic rings. The summed E-state index contributed by atoms with van der Waals surface area (Å²) in [6.45, 7) is 0. The second-order valence-corrected chi connectivity index (χ2v) is 7.26. The highest BCUT2D eigenvalue weighted by Gasteiger charge is 2.29. The number of rotatable bonds is 3. The maximum atomic E-state index is 13.8. The van der Waals surface area contributed by atoms with Gasteiger partial charge in [0.15, 0.2) is 7.14 Å². The normalized spacial score (nSPS) is 11.2. The zero-order valence-corrected chi connectivity index (χ0v) is 11.8. The lowest BCUT2D eigenvalue weighted by atomic mass is 10.4. The zero-order chi connectivity index (χ0) is 13.8. The molecule has 0 N–H and O–H groups in total. The summed E-state index contributed by atoms with van der Waals surface area (Å²) < 4.78 is 13.8. The molecule has 0 aliphatic rings. The van der Waals surface area contributed by atoms with Crippen molar-refractivity contribution >= 4 is 23.1 Å². The molecular weight excluding hydrogens is 263 g/mol. The highest BCUT2D eigenvalue weighted by molar-refractivity contribution is 7.85. The molecule has 0 amide bonds. The van der Waals surface area contributed by atoms with Crippen molar-refractivity contribution in [2.24, 2.45) is 0 Å². The minimum Gasteiger partial charge on any atom is -0.309 e. The van der Waals surface area contributed by atoms with Gasteiger partial charge in [-0.05, 0) is 6.07 Å². The van der Waals surface area contributed by atoms with Crippen molar-refractivity contribution in [2.45, 2.75) is 0 Å². The van der Waals surface area contributed by atoms with Gasteiger partial charge in [-0.25, -0.2) is 0 Å². The molecule has 97 valence electrons. The molecule has 1 nitrogen and oxygen atoms in total. The average molecular weight is 277 g/mol. The van der Waals surface area contributed by atoms with Crippen LogP contribution in [0.25, 0.3) is 0 Å². The minimum absolute atomic E-state index is 0.748. The molecule has 2 heteroatoms. The molecule has 0 aliphatic carbocycles. The molecule has 0 bridgehead atoms. The monoisotopic (exact) mass is 277 g/mol. The summed E-state index contributed by atoms with van der Waals surface area (Å²) in [5, 5.41) is 2.43. The first-order valence-corrected chi connectivity index (χ1v) is 8.21. The summed E-state index contributed by atoms with van der Waals surface area (Å²) in [6.07, 6.45) is 0. The Bertz CT molecular complexity index is 618. The van der Waals surface area contributed by atoms with Gasteiger partial charge in [0, 0.05) is 15.9 Å². The van der Waals surface area contributed by atoms with Crippen LogP contribution in [0.3, 0.4) is 0 Å². The van der Waals surface area contributed by atoms with Crippen molar-refractivity contribution in [1.82, 2.24) is 0 Å². The predicted molar refractivity (Wildman–Crippen MR) is 84.7 cm³/mol. The quantitative estimate of drug-likeness (QED) is 0.672. The van der Waals surface area contributed by atoms with Crippen LogP contribution >= 0.6 is 7.14 Å². The lowest BCUT2D eigenvalue weighted by Crippen LogP contribution is -2.24. The molecule has 0 unspecified atom stereocenters. The third kappa shape index (κ3) is 2.21. The van der Waals surface area contributed by atoms with Crippen LogP contribution in [0.1, 0.15) is 0 Å². The first kappa shape index (κ1) is 12.9. The first-order chi connectivity index (χ1) is 9.82. The van der Waals surface area contributed by atoms with E-state index in [1.807, 2.05) is 84.9 Å². The fraction of sp³-hybridized carbons (Fsp3) is 0. The third-order valence-corrected chi connectivity index (χ3v) is 6.28. The second-order valence-electron chi connectivity index (χ2n) is 4.53. The lowest BCUT2D eigenvalue weighted by Gasteiger charge is -2.19. The highest BCUT2D eigenvalue weighted by atomic mass is 31.2. The van der Waals surface area contributed by atoms with Gasteiger partial charge < -0.3 is 4.57 Å². The Morgan fingerprint density at radius 3 is 1.60 bits per heavy atom. The summed E-state index contributed by atoms with van der Waals surface area (Å²) in [5.41, 5.74) is 0. The van der Waals surface area contributed by atoms with Crippen LogP contribution in [-0.4, -0.2) is 0 Å². The van der Waals surface area contributed by atoms with E-state index in [4.69, 9.17) is 0 Å². The Labute approximate surface area is 119 Å². The molecule has 0 aromatic heterocycles. The summed E-state index contributed by atoms with van der Waals surface area (Å²) in [5.74, 6) is 0. The van der Waals surface area contributed by atoms with Gasteiger partial charge in [0.25, 0.3) is 0 Å². The number of hydrogen-bond acceptors (Lipinski definition) is 1. The van der Waals surface area contributed by atoms with Crippen LogP contribution in [0.15, 0.2) is 84.9 Å². The van der Waals surface area contributed by atoms with Gasteiger partial charge in [-0.3, -0.25) is 0 Å². The SMILES string of the molecule is O=P(c1[c]cccc1)(c1ccccc1)c1ccccc1. The number of benzene rings is 3. The van der Waals surface area contributed by atoms with Gasteiger partial charge in [-0.1, -0.05) is 84.9 Å². The van der Waals surface area contributed by atoms with Crippen LogP contribution in [0.4, 0.5) is 0 Å². The van der Waals surface area contributed by atoms with Crippen molar-refractivity contribution in [1.29, 1.82) is 0 Å². The lowest BCUT2D eigenvalue weighted by molar-refractivity contribution is 0.592. The van der Waals surface area contributed by atoms with Crippen LogP contribution in [0.2, 0.25) is 0 Å². The molecule has 0 spiro atoms. The van der Waals surface area contributed by atoms with Gasteiger partial charge in [0.1, 0.15) is 0 Å². The summed E-state index contributed by atoms with van der Waals surface area (Å²) in [4.78, 5) is 0. The maximum absolute atomic E-state index is 13.8. The van der Waals surface area contributed by atoms with E-state index >= 15 is 0 Å². The van der Waals surface area contributed by atoms with Gasteiger partial charge in [0.2, 0.25) is 0 Å². The Morgan fingerprint density at radius 2 is 1.15 bits per heavy atom. The fourth-order valence-corrected chi connectivity index (χ4v) is 4.87. The van der Waals surface area contributed by atoms with Crippen LogP contribution < -0.4 is 15.9 Å². The molecule has 3 rings (SSSR count). The van der Waals surface area contributed by atoms with Crippen molar-refractivity contribution < 1.29 is 4.57 Å².